The van der Waals surface area contributed by atoms with Gasteiger partial charge in [-0.3, -0.25) is 0 Å². The number of nitrogens with zero attached hydrogens (tertiary/aromatic N) is 2. The van der Waals surface area contributed by atoms with Gasteiger partial charge in [0.2, 0.25) is 0 Å². The van der Waals surface area contributed by atoms with Crippen LogP contribution in [-0.2, 0) is 27.8 Å². The van der Waals surface area contributed by atoms with Crippen LogP contribution in [0.2, 0.25) is 0 Å². The molecule has 6 heteroatoms. The normalized spacial score (nSPS) is 24.5. The first-order valence-electron chi connectivity index (χ1n) is 14.8. The van der Waals surface area contributed by atoms with Crippen molar-refractivity contribution in [2.75, 3.05) is 33.7 Å². The van der Waals surface area contributed by atoms with E-state index in [1.54, 1.807) is 0 Å². The van der Waals surface area contributed by atoms with E-state index in [1.807, 2.05) is 54.6 Å². The molecule has 40 heavy (non-hydrogen) atoms. The van der Waals surface area contributed by atoms with Crippen LogP contribution in [0, 0.1) is 5.92 Å². The zero-order valence-electron chi connectivity index (χ0n) is 23.9. The van der Waals surface area contributed by atoms with Crippen LogP contribution in [0.25, 0.3) is 11.1 Å². The van der Waals surface area contributed by atoms with Gasteiger partial charge in [-0.2, -0.15) is 0 Å². The van der Waals surface area contributed by atoms with Crippen molar-refractivity contribution in [1.82, 2.24) is 9.80 Å². The fourth-order valence-electron chi connectivity index (χ4n) is 7.07. The van der Waals surface area contributed by atoms with Crippen LogP contribution in [-0.4, -0.2) is 63.6 Å². The second-order valence-electron chi connectivity index (χ2n) is 12.5. The summed E-state index contributed by atoms with van der Waals surface area (Å²) in [4.78, 5) is 5.06. The molecule has 3 aliphatic rings. The molecule has 3 heterocycles. The van der Waals surface area contributed by atoms with E-state index in [9.17, 15) is 8.42 Å². The van der Waals surface area contributed by atoms with E-state index >= 15 is 0 Å². The number of hydrogen-bond donors (Lipinski definition) is 0. The van der Waals surface area contributed by atoms with Crippen LogP contribution in [0.4, 0.5) is 0 Å². The predicted octanol–water partition coefficient (Wildman–Crippen LogP) is 5.97. The molecular weight excluding hydrogens is 516 g/mol. The van der Waals surface area contributed by atoms with Crippen molar-refractivity contribution in [3.8, 4) is 16.9 Å². The lowest BCUT2D eigenvalue weighted by Gasteiger charge is -2.50. The zero-order valence-corrected chi connectivity index (χ0v) is 24.7. The molecule has 0 N–H and O–H groups in total. The molecule has 3 aliphatic heterocycles. The number of sulfone groups is 1. The Morgan fingerprint density at radius 1 is 0.825 bits per heavy atom. The van der Waals surface area contributed by atoms with Gasteiger partial charge in [-0.1, -0.05) is 60.7 Å². The van der Waals surface area contributed by atoms with Crippen molar-refractivity contribution in [1.29, 1.82) is 0 Å². The van der Waals surface area contributed by atoms with E-state index in [0.717, 1.165) is 66.1 Å². The maximum atomic E-state index is 12.7. The molecule has 2 atom stereocenters. The predicted molar refractivity (Wildman–Crippen MR) is 162 cm³/mol. The molecule has 1 spiro atoms. The largest absolute Gasteiger partial charge is 0.487 e. The first kappa shape index (κ1) is 27.5. The van der Waals surface area contributed by atoms with Crippen LogP contribution in [0.15, 0.2) is 72.8 Å². The third-order valence-corrected chi connectivity index (χ3v) is 11.1. The number of fused-ring (bicyclic) bond motifs is 1. The fraction of sp³-hybridized carbons (Fsp3) is 0.471. The molecule has 0 saturated carbocycles. The molecule has 0 amide bonds. The van der Waals surface area contributed by atoms with E-state index in [1.165, 1.54) is 31.5 Å². The van der Waals surface area contributed by atoms with Gasteiger partial charge in [-0.15, -0.1) is 0 Å². The summed E-state index contributed by atoms with van der Waals surface area (Å²) in [6.45, 7) is 3.52. The SMILES string of the molecule is CN1CCC(C2CC3(CCc4cc(-c5ccc(CS(=O)(=O)Cc6ccccc6)cc5)ccc4O3)CCN2C)CC1. The maximum absolute atomic E-state index is 12.7. The fourth-order valence-corrected chi connectivity index (χ4v) is 8.57. The molecule has 2 fully saturated rings. The average molecular weight is 559 g/mol. The maximum Gasteiger partial charge on any atom is 0.158 e. The standard InChI is InChI=1S/C34H42N2O3S/c1-35-19-15-29(16-20-35)32-23-34(18-21-36(32)2)17-14-31-22-30(12-13-33(31)39-34)28-10-8-27(9-11-28)25-40(37,38)24-26-6-4-3-5-7-26/h3-13,22,29,32H,14-21,23-25H2,1-2H3. The molecule has 6 rings (SSSR count). The van der Waals surface area contributed by atoms with Crippen LogP contribution >= 0.6 is 0 Å². The van der Waals surface area contributed by atoms with Crippen LogP contribution in [0.3, 0.4) is 0 Å². The van der Waals surface area contributed by atoms with E-state index in [4.69, 9.17) is 4.74 Å². The second kappa shape index (κ2) is 11.3. The van der Waals surface area contributed by atoms with E-state index in [2.05, 4.69) is 42.1 Å². The summed E-state index contributed by atoms with van der Waals surface area (Å²) < 4.78 is 32.3. The van der Waals surface area contributed by atoms with Crippen molar-refractivity contribution >= 4 is 9.84 Å². The highest BCUT2D eigenvalue weighted by molar-refractivity contribution is 7.89. The van der Waals surface area contributed by atoms with Gasteiger partial charge in [0, 0.05) is 19.0 Å². The summed E-state index contributed by atoms with van der Waals surface area (Å²) in [5.41, 5.74) is 5.16. The lowest BCUT2D eigenvalue weighted by atomic mass is 9.74. The number of hydrogen-bond acceptors (Lipinski definition) is 5. The molecule has 0 aromatic heterocycles. The van der Waals surface area contributed by atoms with Gasteiger partial charge >= 0.3 is 0 Å². The minimum atomic E-state index is -3.23. The van der Waals surface area contributed by atoms with Gasteiger partial charge in [-0.05, 0) is 105 Å². The zero-order chi connectivity index (χ0) is 27.7. The summed E-state index contributed by atoms with van der Waals surface area (Å²) in [5, 5.41) is 0. The topological polar surface area (TPSA) is 49.9 Å². The summed E-state index contributed by atoms with van der Waals surface area (Å²) in [5.74, 6) is 1.93. The number of benzene rings is 3. The molecule has 3 aromatic carbocycles. The number of likely N-dealkylation sites (tertiary alicyclic amines) is 2. The summed E-state index contributed by atoms with van der Waals surface area (Å²) in [6.07, 6.45) is 6.94. The highest BCUT2D eigenvalue weighted by atomic mass is 32.2. The molecule has 0 radical (unpaired) electrons. The highest BCUT2D eigenvalue weighted by Gasteiger charge is 2.45. The molecular formula is C34H42N2O3S. The molecule has 2 saturated heterocycles. The van der Waals surface area contributed by atoms with Gasteiger partial charge in [0.25, 0.3) is 0 Å². The average Bonchev–Trinajstić information content (AvgIpc) is 2.95. The summed E-state index contributed by atoms with van der Waals surface area (Å²) in [7, 11) is 1.32. The molecule has 0 bridgehead atoms. The summed E-state index contributed by atoms with van der Waals surface area (Å²) in [6, 6.07) is 24.6. The van der Waals surface area contributed by atoms with Crippen molar-refractivity contribution in [2.45, 2.75) is 61.7 Å². The molecule has 212 valence electrons. The second-order valence-corrected chi connectivity index (χ2v) is 14.5. The van der Waals surface area contributed by atoms with Crippen molar-refractivity contribution in [3.63, 3.8) is 0 Å². The lowest BCUT2D eigenvalue weighted by molar-refractivity contribution is -0.0528. The minimum Gasteiger partial charge on any atom is -0.487 e. The molecule has 3 aromatic rings. The van der Waals surface area contributed by atoms with Gasteiger partial charge < -0.3 is 14.5 Å². The van der Waals surface area contributed by atoms with Gasteiger partial charge in [0.15, 0.2) is 9.84 Å². The smallest absolute Gasteiger partial charge is 0.158 e. The van der Waals surface area contributed by atoms with Crippen molar-refractivity contribution in [2.24, 2.45) is 5.92 Å². The molecule has 5 nitrogen and oxygen atoms in total. The Labute approximate surface area is 240 Å². The molecule has 2 unspecified atom stereocenters. The number of piperidine rings is 2. The Morgan fingerprint density at radius 3 is 2.23 bits per heavy atom. The number of aryl methyl sites for hydroxylation is 1. The van der Waals surface area contributed by atoms with Gasteiger partial charge in [0.1, 0.15) is 11.4 Å². The summed E-state index contributed by atoms with van der Waals surface area (Å²) >= 11 is 0. The minimum absolute atomic E-state index is 0.0398. The Bertz CT molecular complexity index is 1420. The quantitative estimate of drug-likeness (QED) is 0.373. The third kappa shape index (κ3) is 6.14. The van der Waals surface area contributed by atoms with E-state index in [0.29, 0.717) is 6.04 Å². The van der Waals surface area contributed by atoms with Gasteiger partial charge in [-0.25, -0.2) is 8.42 Å². The monoisotopic (exact) mass is 558 g/mol. The van der Waals surface area contributed by atoms with Crippen LogP contribution in [0.1, 0.15) is 48.8 Å². The first-order chi connectivity index (χ1) is 19.3. The Morgan fingerprint density at radius 2 is 1.50 bits per heavy atom. The Kier molecular flexibility index (Phi) is 7.77. The van der Waals surface area contributed by atoms with Crippen LogP contribution in [0.5, 0.6) is 5.75 Å². The third-order valence-electron chi connectivity index (χ3n) is 9.51. The number of ether oxygens (including phenoxy) is 1. The van der Waals surface area contributed by atoms with Gasteiger partial charge in [0.05, 0.1) is 11.5 Å². The van der Waals surface area contributed by atoms with Crippen LogP contribution < -0.4 is 4.74 Å². The van der Waals surface area contributed by atoms with Crippen molar-refractivity contribution < 1.29 is 13.2 Å². The van der Waals surface area contributed by atoms with E-state index < -0.39 is 9.84 Å². The molecule has 0 aliphatic carbocycles. The first-order valence-corrected chi connectivity index (χ1v) is 16.6. The Hall–Kier alpha value is -2.67. The lowest BCUT2D eigenvalue weighted by Crippen LogP contribution is -2.56. The Balaban J connectivity index is 1.12. The highest BCUT2D eigenvalue weighted by Crippen LogP contribution is 2.44. The van der Waals surface area contributed by atoms with Crippen molar-refractivity contribution in [3.05, 3.63) is 89.5 Å². The number of rotatable bonds is 6. The van der Waals surface area contributed by atoms with E-state index in [-0.39, 0.29) is 17.1 Å².